The van der Waals surface area contributed by atoms with Crippen molar-refractivity contribution in [2.75, 3.05) is 26.9 Å². The van der Waals surface area contributed by atoms with Crippen LogP contribution in [0.5, 0.6) is 23.0 Å². The number of nitrogens with zero attached hydrogens (tertiary/aromatic N) is 1. The molecular formula is C19H22BrN3O5. The number of hydrogen-bond donors (Lipinski definition) is 2. The first-order valence-electron chi connectivity index (χ1n) is 8.48. The maximum atomic E-state index is 10.7. The van der Waals surface area contributed by atoms with Crippen LogP contribution in [0.1, 0.15) is 12.5 Å². The van der Waals surface area contributed by atoms with E-state index in [2.05, 4.69) is 26.5 Å². The largest absolute Gasteiger partial charge is 0.493 e. The molecule has 0 unspecified atom stereocenters. The number of carbonyl (C=O) groups is 1. The summed E-state index contributed by atoms with van der Waals surface area (Å²) in [7, 11) is 1.59. The molecule has 0 atom stereocenters. The van der Waals surface area contributed by atoms with Gasteiger partial charge in [-0.05, 0) is 52.7 Å². The van der Waals surface area contributed by atoms with E-state index in [1.54, 1.807) is 19.2 Å². The van der Waals surface area contributed by atoms with Gasteiger partial charge in [-0.1, -0.05) is 12.1 Å². The SMILES string of the molecule is CCOc1cc(/C=N\NC(N)=O)cc(Br)c1OCCOc1ccccc1OC. The second-order valence-corrected chi connectivity index (χ2v) is 6.20. The normalized spacial score (nSPS) is 10.5. The molecule has 0 bridgehead atoms. The van der Waals surface area contributed by atoms with Crippen LogP contribution in [-0.4, -0.2) is 39.2 Å². The number of hydrogen-bond acceptors (Lipinski definition) is 6. The predicted octanol–water partition coefficient (Wildman–Crippen LogP) is 3.32. The Kier molecular flexibility index (Phi) is 8.41. The second-order valence-electron chi connectivity index (χ2n) is 5.35. The van der Waals surface area contributed by atoms with Crippen molar-refractivity contribution in [1.82, 2.24) is 5.43 Å². The Balaban J connectivity index is 2.03. The highest BCUT2D eigenvalue weighted by atomic mass is 79.9. The summed E-state index contributed by atoms with van der Waals surface area (Å²) in [5.74, 6) is 2.39. The molecule has 0 spiro atoms. The number of nitrogens with two attached hydrogens (primary N) is 1. The molecular weight excluding hydrogens is 430 g/mol. The zero-order valence-electron chi connectivity index (χ0n) is 15.6. The highest BCUT2D eigenvalue weighted by Crippen LogP contribution is 2.36. The Morgan fingerprint density at radius 1 is 1.14 bits per heavy atom. The third-order valence-electron chi connectivity index (χ3n) is 3.38. The molecule has 150 valence electrons. The minimum Gasteiger partial charge on any atom is -0.493 e. The second kappa shape index (κ2) is 11.0. The van der Waals surface area contributed by atoms with Crippen molar-refractivity contribution in [2.45, 2.75) is 6.92 Å². The molecule has 0 aliphatic rings. The third-order valence-corrected chi connectivity index (χ3v) is 3.97. The highest BCUT2D eigenvalue weighted by molar-refractivity contribution is 9.10. The zero-order chi connectivity index (χ0) is 20.4. The van der Waals surface area contributed by atoms with Crippen molar-refractivity contribution in [2.24, 2.45) is 10.8 Å². The zero-order valence-corrected chi connectivity index (χ0v) is 17.2. The number of urea groups is 1. The van der Waals surface area contributed by atoms with Crippen molar-refractivity contribution in [3.8, 4) is 23.0 Å². The molecule has 8 nitrogen and oxygen atoms in total. The fourth-order valence-electron chi connectivity index (χ4n) is 2.27. The summed E-state index contributed by atoms with van der Waals surface area (Å²) in [6.07, 6.45) is 1.45. The van der Waals surface area contributed by atoms with Gasteiger partial charge in [0.1, 0.15) is 13.2 Å². The predicted molar refractivity (Wildman–Crippen MR) is 110 cm³/mol. The number of nitrogens with one attached hydrogen (secondary N) is 1. The van der Waals surface area contributed by atoms with E-state index < -0.39 is 6.03 Å². The first-order valence-corrected chi connectivity index (χ1v) is 9.28. The van der Waals surface area contributed by atoms with Crippen LogP contribution in [0.15, 0.2) is 46.0 Å². The molecule has 0 saturated carbocycles. The maximum Gasteiger partial charge on any atom is 0.332 e. The van der Waals surface area contributed by atoms with Gasteiger partial charge >= 0.3 is 6.03 Å². The molecule has 2 rings (SSSR count). The van der Waals surface area contributed by atoms with E-state index in [4.69, 9.17) is 24.7 Å². The van der Waals surface area contributed by atoms with Crippen molar-refractivity contribution >= 4 is 28.2 Å². The summed E-state index contributed by atoms with van der Waals surface area (Å²) in [6, 6.07) is 10.2. The van der Waals surface area contributed by atoms with Crippen molar-refractivity contribution in [3.05, 3.63) is 46.4 Å². The fraction of sp³-hybridized carbons (Fsp3) is 0.263. The van der Waals surface area contributed by atoms with E-state index >= 15 is 0 Å². The molecule has 0 aliphatic heterocycles. The molecule has 0 aliphatic carbocycles. The number of ether oxygens (including phenoxy) is 4. The number of rotatable bonds is 10. The van der Waals surface area contributed by atoms with Gasteiger partial charge in [0.25, 0.3) is 0 Å². The van der Waals surface area contributed by atoms with Crippen LogP contribution < -0.4 is 30.1 Å². The number of para-hydroxylation sites is 2. The first-order chi connectivity index (χ1) is 13.5. The summed E-state index contributed by atoms with van der Waals surface area (Å²) in [5, 5.41) is 3.74. The van der Waals surface area contributed by atoms with Gasteiger partial charge in [0.15, 0.2) is 23.0 Å². The van der Waals surface area contributed by atoms with E-state index in [1.807, 2.05) is 31.2 Å². The molecule has 0 radical (unpaired) electrons. The van der Waals surface area contributed by atoms with Crippen LogP contribution in [0.2, 0.25) is 0 Å². The molecule has 0 saturated heterocycles. The molecule has 0 aromatic heterocycles. The monoisotopic (exact) mass is 451 g/mol. The van der Waals surface area contributed by atoms with Gasteiger partial charge in [-0.25, -0.2) is 10.2 Å². The lowest BCUT2D eigenvalue weighted by atomic mass is 10.2. The summed E-state index contributed by atoms with van der Waals surface area (Å²) in [4.78, 5) is 10.7. The minimum absolute atomic E-state index is 0.299. The van der Waals surface area contributed by atoms with Crippen molar-refractivity contribution in [1.29, 1.82) is 0 Å². The maximum absolute atomic E-state index is 10.7. The topological polar surface area (TPSA) is 104 Å². The van der Waals surface area contributed by atoms with Crippen molar-refractivity contribution < 1.29 is 23.7 Å². The van der Waals surface area contributed by atoms with E-state index in [0.717, 1.165) is 0 Å². The van der Waals surface area contributed by atoms with E-state index in [9.17, 15) is 4.79 Å². The lowest BCUT2D eigenvalue weighted by Crippen LogP contribution is -2.24. The fourth-order valence-corrected chi connectivity index (χ4v) is 2.84. The third kappa shape index (κ3) is 6.34. The molecule has 28 heavy (non-hydrogen) atoms. The van der Waals surface area contributed by atoms with Gasteiger partial charge < -0.3 is 24.7 Å². The molecule has 2 aromatic rings. The van der Waals surface area contributed by atoms with E-state index in [0.29, 0.717) is 52.9 Å². The van der Waals surface area contributed by atoms with Crippen LogP contribution >= 0.6 is 15.9 Å². The smallest absolute Gasteiger partial charge is 0.332 e. The average molecular weight is 452 g/mol. The number of carbonyl (C=O) groups excluding carboxylic acids is 1. The van der Waals surface area contributed by atoms with Gasteiger partial charge in [0.2, 0.25) is 0 Å². The number of amides is 2. The highest BCUT2D eigenvalue weighted by Gasteiger charge is 2.12. The summed E-state index contributed by atoms with van der Waals surface area (Å²) >= 11 is 3.47. The van der Waals surface area contributed by atoms with Crippen LogP contribution in [-0.2, 0) is 0 Å². The quantitative estimate of drug-likeness (QED) is 0.327. The molecule has 2 aromatic carbocycles. The summed E-state index contributed by atoms with van der Waals surface area (Å²) in [5.41, 5.74) is 7.82. The van der Waals surface area contributed by atoms with Gasteiger partial charge in [-0.15, -0.1) is 0 Å². The number of methoxy groups -OCH3 is 1. The van der Waals surface area contributed by atoms with Crippen LogP contribution in [0, 0.1) is 0 Å². The van der Waals surface area contributed by atoms with Gasteiger partial charge in [0.05, 0.1) is 24.4 Å². The molecule has 0 fully saturated rings. The summed E-state index contributed by atoms with van der Waals surface area (Å²) in [6.45, 7) is 2.95. The average Bonchev–Trinajstić information content (AvgIpc) is 2.67. The van der Waals surface area contributed by atoms with Crippen LogP contribution in [0.4, 0.5) is 4.79 Å². The molecule has 9 heteroatoms. The Morgan fingerprint density at radius 3 is 2.54 bits per heavy atom. The van der Waals surface area contributed by atoms with Crippen LogP contribution in [0.3, 0.4) is 0 Å². The standard InChI is InChI=1S/C19H22BrN3O5/c1-3-26-17-11-13(12-22-23-19(21)24)10-14(20)18(17)28-9-8-27-16-7-5-4-6-15(16)25-2/h4-7,10-12H,3,8-9H2,1-2H3,(H3,21,23,24)/b22-12-. The van der Waals surface area contributed by atoms with Gasteiger partial charge in [-0.2, -0.15) is 5.10 Å². The number of halogens is 1. The lowest BCUT2D eigenvalue weighted by Gasteiger charge is -2.15. The van der Waals surface area contributed by atoms with Crippen LogP contribution in [0.25, 0.3) is 0 Å². The molecule has 3 N–H and O–H groups in total. The Bertz CT molecular complexity index is 829. The Hall–Kier alpha value is -2.94. The first kappa shape index (κ1) is 21.4. The van der Waals surface area contributed by atoms with Crippen molar-refractivity contribution in [3.63, 3.8) is 0 Å². The lowest BCUT2D eigenvalue weighted by molar-refractivity contribution is 0.202. The minimum atomic E-state index is -0.740. The van der Waals surface area contributed by atoms with Gasteiger partial charge in [0, 0.05) is 0 Å². The molecule has 0 heterocycles. The Labute approximate surface area is 171 Å². The Morgan fingerprint density at radius 2 is 1.86 bits per heavy atom. The van der Waals surface area contributed by atoms with E-state index in [-0.39, 0.29) is 0 Å². The number of primary amides is 1. The molecule has 2 amide bonds. The summed E-state index contributed by atoms with van der Waals surface area (Å²) < 4.78 is 23.1. The van der Waals surface area contributed by atoms with Gasteiger partial charge in [-0.3, -0.25) is 0 Å². The number of benzene rings is 2. The van der Waals surface area contributed by atoms with E-state index in [1.165, 1.54) is 6.21 Å². The number of hydrazone groups is 1.